The second-order valence-electron chi connectivity index (χ2n) is 1.69. The summed E-state index contributed by atoms with van der Waals surface area (Å²) in [7, 11) is 3.85. The minimum Gasteiger partial charge on any atom is -0.311 e. The second-order valence-corrected chi connectivity index (χ2v) is 1.69. The molecule has 0 fully saturated rings. The molecule has 0 amide bonds. The lowest BCUT2D eigenvalue weighted by Crippen LogP contribution is -2.10. The van der Waals surface area contributed by atoms with E-state index in [9.17, 15) is 0 Å². The normalized spacial score (nSPS) is 11.5. The molecular formula is C4H12N4. The lowest BCUT2D eigenvalue weighted by molar-refractivity contribution is 0.412. The summed E-state index contributed by atoms with van der Waals surface area (Å²) in [4.78, 5) is 1.92. The van der Waals surface area contributed by atoms with Gasteiger partial charge in [0.1, 0.15) is 13.3 Å². The molecule has 4 heteroatoms. The van der Waals surface area contributed by atoms with Gasteiger partial charge in [0.05, 0.1) is 0 Å². The predicted octanol–water partition coefficient (Wildman–Crippen LogP) is -0.126. The standard InChI is InChI=1S/C4H12N4/c1-8(2)4-7-6-3-5/h3-5H2,1-2H3/b7-6-. The molecule has 0 spiro atoms. The monoisotopic (exact) mass is 116 g/mol. The summed E-state index contributed by atoms with van der Waals surface area (Å²) >= 11 is 0. The Hall–Kier alpha value is -0.480. The van der Waals surface area contributed by atoms with E-state index in [1.165, 1.54) is 0 Å². The zero-order valence-electron chi connectivity index (χ0n) is 5.33. The highest BCUT2D eigenvalue weighted by atomic mass is 15.2. The van der Waals surface area contributed by atoms with Crippen LogP contribution >= 0.6 is 0 Å². The molecule has 0 saturated heterocycles. The summed E-state index contributed by atoms with van der Waals surface area (Å²) < 4.78 is 0. The molecule has 0 aromatic rings. The first-order valence-corrected chi connectivity index (χ1v) is 2.45. The summed E-state index contributed by atoms with van der Waals surface area (Å²) in [6, 6.07) is 0. The predicted molar refractivity (Wildman–Crippen MR) is 32.5 cm³/mol. The summed E-state index contributed by atoms with van der Waals surface area (Å²) in [5.41, 5.74) is 5.04. The van der Waals surface area contributed by atoms with Crippen molar-refractivity contribution in [3.8, 4) is 0 Å². The third-order valence-corrected chi connectivity index (χ3v) is 0.528. The summed E-state index contributed by atoms with van der Waals surface area (Å²) in [6.07, 6.45) is 0. The molecule has 0 aromatic heterocycles. The van der Waals surface area contributed by atoms with Crippen LogP contribution in [-0.2, 0) is 0 Å². The number of nitrogens with two attached hydrogens (primary N) is 1. The van der Waals surface area contributed by atoms with Crippen LogP contribution in [0.25, 0.3) is 0 Å². The van der Waals surface area contributed by atoms with Gasteiger partial charge in [0, 0.05) is 0 Å². The summed E-state index contributed by atoms with van der Waals surface area (Å²) in [6.45, 7) is 0.908. The van der Waals surface area contributed by atoms with E-state index in [0.717, 1.165) is 0 Å². The van der Waals surface area contributed by atoms with Crippen LogP contribution in [0.1, 0.15) is 0 Å². The van der Waals surface area contributed by atoms with Crippen LogP contribution in [0.5, 0.6) is 0 Å². The van der Waals surface area contributed by atoms with Gasteiger partial charge >= 0.3 is 0 Å². The van der Waals surface area contributed by atoms with Gasteiger partial charge in [-0.15, -0.1) is 0 Å². The van der Waals surface area contributed by atoms with E-state index >= 15 is 0 Å². The van der Waals surface area contributed by atoms with Crippen LogP contribution in [0.15, 0.2) is 10.2 Å². The van der Waals surface area contributed by atoms with Crippen LogP contribution in [0, 0.1) is 0 Å². The number of nitrogens with zero attached hydrogens (tertiary/aromatic N) is 3. The van der Waals surface area contributed by atoms with E-state index in [4.69, 9.17) is 5.73 Å². The van der Waals surface area contributed by atoms with Crippen molar-refractivity contribution in [2.24, 2.45) is 16.0 Å². The van der Waals surface area contributed by atoms with E-state index in [-0.39, 0.29) is 6.67 Å². The van der Waals surface area contributed by atoms with Crippen LogP contribution in [0.2, 0.25) is 0 Å². The van der Waals surface area contributed by atoms with Crippen LogP contribution in [0.3, 0.4) is 0 Å². The molecule has 0 radical (unpaired) electrons. The highest BCUT2D eigenvalue weighted by Crippen LogP contribution is 1.75. The third kappa shape index (κ3) is 5.52. The molecule has 0 bridgehead atoms. The Labute approximate surface area is 49.4 Å². The third-order valence-electron chi connectivity index (χ3n) is 0.528. The number of hydrogen-bond donors (Lipinski definition) is 1. The van der Waals surface area contributed by atoms with Crippen molar-refractivity contribution in [1.82, 2.24) is 4.90 Å². The van der Waals surface area contributed by atoms with E-state index in [0.29, 0.717) is 6.67 Å². The minimum atomic E-state index is 0.286. The Kier molecular flexibility index (Phi) is 4.39. The quantitative estimate of drug-likeness (QED) is 0.522. The SMILES string of the molecule is CN(C)C/N=N\CN. The van der Waals surface area contributed by atoms with Gasteiger partial charge in [-0.3, -0.25) is 4.90 Å². The number of rotatable bonds is 3. The molecule has 48 valence electrons. The van der Waals surface area contributed by atoms with Crippen molar-refractivity contribution in [2.75, 3.05) is 27.4 Å². The van der Waals surface area contributed by atoms with E-state index in [1.54, 1.807) is 0 Å². The molecule has 0 aromatic carbocycles. The first kappa shape index (κ1) is 7.52. The topological polar surface area (TPSA) is 54.0 Å². The number of hydrogen-bond acceptors (Lipinski definition) is 4. The van der Waals surface area contributed by atoms with Crippen molar-refractivity contribution in [3.05, 3.63) is 0 Å². The molecule has 0 aliphatic heterocycles. The lowest BCUT2D eigenvalue weighted by Gasteiger charge is -2.00. The Balaban J connectivity index is 3.03. The van der Waals surface area contributed by atoms with Crippen molar-refractivity contribution >= 4 is 0 Å². The Morgan fingerprint density at radius 1 is 1.38 bits per heavy atom. The highest BCUT2D eigenvalue weighted by molar-refractivity contribution is 4.32. The van der Waals surface area contributed by atoms with Gasteiger partial charge in [0.25, 0.3) is 0 Å². The Bertz CT molecular complexity index is 68.4. The van der Waals surface area contributed by atoms with Crippen LogP contribution in [-0.4, -0.2) is 32.3 Å². The Morgan fingerprint density at radius 3 is 2.38 bits per heavy atom. The molecule has 0 atom stereocenters. The molecule has 2 N–H and O–H groups in total. The molecule has 0 saturated carbocycles. The fourth-order valence-electron chi connectivity index (χ4n) is 0.229. The van der Waals surface area contributed by atoms with Gasteiger partial charge in [0.2, 0.25) is 0 Å². The van der Waals surface area contributed by atoms with Crippen LogP contribution < -0.4 is 5.73 Å². The maximum absolute atomic E-state index is 5.04. The molecule has 0 aliphatic carbocycles. The van der Waals surface area contributed by atoms with Gasteiger partial charge in [-0.25, -0.2) is 0 Å². The van der Waals surface area contributed by atoms with Gasteiger partial charge in [-0.2, -0.15) is 10.2 Å². The maximum atomic E-state index is 5.04. The van der Waals surface area contributed by atoms with E-state index in [2.05, 4.69) is 10.2 Å². The summed E-state index contributed by atoms with van der Waals surface area (Å²) in [5, 5.41) is 7.29. The van der Waals surface area contributed by atoms with E-state index < -0.39 is 0 Å². The van der Waals surface area contributed by atoms with Gasteiger partial charge < -0.3 is 5.73 Å². The lowest BCUT2D eigenvalue weighted by atomic mass is 10.9. The largest absolute Gasteiger partial charge is 0.311 e. The van der Waals surface area contributed by atoms with Crippen molar-refractivity contribution < 1.29 is 0 Å². The van der Waals surface area contributed by atoms with Gasteiger partial charge in [-0.05, 0) is 14.1 Å². The van der Waals surface area contributed by atoms with Crippen molar-refractivity contribution in [3.63, 3.8) is 0 Å². The first-order chi connectivity index (χ1) is 3.77. The molecule has 0 rings (SSSR count). The highest BCUT2D eigenvalue weighted by Gasteiger charge is 1.80. The molecule has 8 heavy (non-hydrogen) atoms. The fourth-order valence-corrected chi connectivity index (χ4v) is 0.229. The van der Waals surface area contributed by atoms with Crippen LogP contribution in [0.4, 0.5) is 0 Å². The molecule has 0 aliphatic rings. The average Bonchev–Trinajstić information content (AvgIpc) is 1.66. The smallest absolute Gasteiger partial charge is 0.112 e. The fraction of sp³-hybridized carbons (Fsp3) is 1.00. The second kappa shape index (κ2) is 4.67. The molecule has 0 heterocycles. The van der Waals surface area contributed by atoms with Crippen molar-refractivity contribution in [1.29, 1.82) is 0 Å². The number of azo groups is 1. The Morgan fingerprint density at radius 2 is 2.00 bits per heavy atom. The minimum absolute atomic E-state index is 0.286. The maximum Gasteiger partial charge on any atom is 0.112 e. The van der Waals surface area contributed by atoms with Gasteiger partial charge in [0.15, 0.2) is 0 Å². The molecule has 4 nitrogen and oxygen atoms in total. The van der Waals surface area contributed by atoms with E-state index in [1.807, 2.05) is 19.0 Å². The first-order valence-electron chi connectivity index (χ1n) is 2.45. The zero-order chi connectivity index (χ0) is 6.41. The summed E-state index contributed by atoms with van der Waals surface area (Å²) in [5.74, 6) is 0. The average molecular weight is 116 g/mol. The van der Waals surface area contributed by atoms with Gasteiger partial charge in [-0.1, -0.05) is 0 Å². The van der Waals surface area contributed by atoms with Crippen molar-refractivity contribution in [2.45, 2.75) is 0 Å². The molecule has 0 unspecified atom stereocenters. The zero-order valence-corrected chi connectivity index (χ0v) is 5.33. The molecular weight excluding hydrogens is 104 g/mol.